The van der Waals surface area contributed by atoms with Gasteiger partial charge in [-0.15, -0.1) is 0 Å². The molecule has 1 aliphatic rings. The van der Waals surface area contributed by atoms with E-state index in [2.05, 4.69) is 21.9 Å². The van der Waals surface area contributed by atoms with Gasteiger partial charge in [-0.25, -0.2) is 4.68 Å². The zero-order valence-electron chi connectivity index (χ0n) is 11.6. The summed E-state index contributed by atoms with van der Waals surface area (Å²) in [6, 6.07) is 9.52. The minimum Gasteiger partial charge on any atom is -0.369 e. The smallest absolute Gasteiger partial charge is 0.278 e. The zero-order valence-corrected chi connectivity index (χ0v) is 11.6. The number of likely N-dealkylation sites (N-methyl/N-ethyl adjacent to an activating group) is 1. The van der Waals surface area contributed by atoms with Gasteiger partial charge in [0, 0.05) is 49.8 Å². The first kappa shape index (κ1) is 12.9. The van der Waals surface area contributed by atoms with Crippen molar-refractivity contribution in [2.75, 3.05) is 38.1 Å². The van der Waals surface area contributed by atoms with Crippen molar-refractivity contribution in [3.05, 3.63) is 48.3 Å². The SMILES string of the molecule is CN1CCN(c2ccc(C(=O)n3cccn3)cc2)CC1. The van der Waals surface area contributed by atoms with Gasteiger partial charge in [0.1, 0.15) is 0 Å². The number of anilines is 1. The molecule has 5 nitrogen and oxygen atoms in total. The van der Waals surface area contributed by atoms with Crippen molar-refractivity contribution in [1.29, 1.82) is 0 Å². The number of nitrogens with zero attached hydrogens (tertiary/aromatic N) is 4. The molecule has 1 aromatic carbocycles. The van der Waals surface area contributed by atoms with Crippen molar-refractivity contribution in [2.45, 2.75) is 0 Å². The molecule has 1 saturated heterocycles. The Bertz CT molecular complexity index is 568. The average Bonchev–Trinajstić information content (AvgIpc) is 3.02. The third kappa shape index (κ3) is 2.58. The van der Waals surface area contributed by atoms with Crippen LogP contribution in [0, 0.1) is 0 Å². The van der Waals surface area contributed by atoms with E-state index >= 15 is 0 Å². The molecular weight excluding hydrogens is 252 g/mol. The first-order valence-corrected chi connectivity index (χ1v) is 6.82. The molecule has 0 spiro atoms. The summed E-state index contributed by atoms with van der Waals surface area (Å²) in [6.45, 7) is 4.22. The Morgan fingerprint density at radius 3 is 2.40 bits per heavy atom. The van der Waals surface area contributed by atoms with Crippen LogP contribution in [0.15, 0.2) is 42.7 Å². The molecule has 0 N–H and O–H groups in total. The Morgan fingerprint density at radius 1 is 1.10 bits per heavy atom. The van der Waals surface area contributed by atoms with E-state index in [1.165, 1.54) is 10.4 Å². The number of carbonyl (C=O) groups excluding carboxylic acids is 1. The fourth-order valence-corrected chi connectivity index (χ4v) is 2.40. The van der Waals surface area contributed by atoms with Gasteiger partial charge in [-0.3, -0.25) is 4.79 Å². The number of carbonyl (C=O) groups is 1. The number of benzene rings is 1. The molecular formula is C15H18N4O. The Balaban J connectivity index is 1.73. The lowest BCUT2D eigenvalue weighted by Gasteiger charge is -2.34. The van der Waals surface area contributed by atoms with Gasteiger partial charge in [0.2, 0.25) is 0 Å². The lowest BCUT2D eigenvalue weighted by Crippen LogP contribution is -2.44. The Morgan fingerprint density at radius 2 is 1.80 bits per heavy atom. The van der Waals surface area contributed by atoms with Crippen molar-refractivity contribution in [3.63, 3.8) is 0 Å². The molecule has 0 saturated carbocycles. The highest BCUT2D eigenvalue weighted by atomic mass is 16.2. The maximum atomic E-state index is 12.1. The standard InChI is InChI=1S/C15H18N4O/c1-17-9-11-18(12-10-17)14-5-3-13(4-6-14)15(20)19-8-2-7-16-19/h2-8H,9-12H2,1H3. The van der Waals surface area contributed by atoms with Crippen LogP contribution >= 0.6 is 0 Å². The molecule has 1 aliphatic heterocycles. The summed E-state index contributed by atoms with van der Waals surface area (Å²) >= 11 is 0. The van der Waals surface area contributed by atoms with Gasteiger partial charge in [0.15, 0.2) is 0 Å². The molecule has 0 unspecified atom stereocenters. The fourth-order valence-electron chi connectivity index (χ4n) is 2.40. The normalized spacial score (nSPS) is 16.4. The lowest BCUT2D eigenvalue weighted by molar-refractivity contribution is 0.0945. The summed E-state index contributed by atoms with van der Waals surface area (Å²) in [5.74, 6) is -0.0973. The quantitative estimate of drug-likeness (QED) is 0.825. The van der Waals surface area contributed by atoms with Crippen LogP contribution in [0.2, 0.25) is 0 Å². The van der Waals surface area contributed by atoms with Gasteiger partial charge >= 0.3 is 0 Å². The van der Waals surface area contributed by atoms with Gasteiger partial charge < -0.3 is 9.80 Å². The minimum absolute atomic E-state index is 0.0973. The molecule has 20 heavy (non-hydrogen) atoms. The maximum absolute atomic E-state index is 12.1. The molecule has 0 aliphatic carbocycles. The second-order valence-electron chi connectivity index (χ2n) is 5.09. The molecule has 0 bridgehead atoms. The first-order chi connectivity index (χ1) is 9.74. The number of aromatic nitrogens is 2. The maximum Gasteiger partial charge on any atom is 0.278 e. The molecule has 3 rings (SSSR count). The topological polar surface area (TPSA) is 41.4 Å². The lowest BCUT2D eigenvalue weighted by atomic mass is 10.1. The van der Waals surface area contributed by atoms with Crippen LogP contribution in [0.4, 0.5) is 5.69 Å². The van der Waals surface area contributed by atoms with E-state index in [0.29, 0.717) is 5.56 Å². The molecule has 1 fully saturated rings. The van der Waals surface area contributed by atoms with Crippen molar-refractivity contribution < 1.29 is 4.79 Å². The summed E-state index contributed by atoms with van der Waals surface area (Å²) in [7, 11) is 2.14. The van der Waals surface area contributed by atoms with E-state index in [4.69, 9.17) is 0 Å². The predicted molar refractivity (Wildman–Crippen MR) is 78.1 cm³/mol. The first-order valence-electron chi connectivity index (χ1n) is 6.82. The second-order valence-corrected chi connectivity index (χ2v) is 5.09. The van der Waals surface area contributed by atoms with Crippen LogP contribution in [0.3, 0.4) is 0 Å². The Hall–Kier alpha value is -2.14. The molecule has 0 radical (unpaired) electrons. The van der Waals surface area contributed by atoms with E-state index < -0.39 is 0 Å². The Kier molecular flexibility index (Phi) is 3.52. The molecule has 104 valence electrons. The Labute approximate surface area is 118 Å². The van der Waals surface area contributed by atoms with Crippen LogP contribution in [0.5, 0.6) is 0 Å². The highest BCUT2D eigenvalue weighted by Crippen LogP contribution is 2.17. The van der Waals surface area contributed by atoms with Crippen LogP contribution < -0.4 is 4.90 Å². The highest BCUT2D eigenvalue weighted by molar-refractivity contribution is 5.95. The van der Waals surface area contributed by atoms with Gasteiger partial charge in [0.25, 0.3) is 5.91 Å². The molecule has 0 amide bonds. The molecule has 2 heterocycles. The van der Waals surface area contributed by atoms with Crippen LogP contribution in [0.25, 0.3) is 0 Å². The van der Waals surface area contributed by atoms with E-state index in [-0.39, 0.29) is 5.91 Å². The fraction of sp³-hybridized carbons (Fsp3) is 0.333. The molecule has 5 heteroatoms. The van der Waals surface area contributed by atoms with E-state index in [1.807, 2.05) is 24.3 Å². The average molecular weight is 270 g/mol. The molecule has 0 atom stereocenters. The summed E-state index contributed by atoms with van der Waals surface area (Å²) in [4.78, 5) is 16.8. The summed E-state index contributed by atoms with van der Waals surface area (Å²) in [5.41, 5.74) is 1.83. The van der Waals surface area contributed by atoms with Crippen molar-refractivity contribution in [1.82, 2.24) is 14.7 Å². The monoisotopic (exact) mass is 270 g/mol. The van der Waals surface area contributed by atoms with Crippen molar-refractivity contribution in [2.24, 2.45) is 0 Å². The second kappa shape index (κ2) is 5.46. The minimum atomic E-state index is -0.0973. The van der Waals surface area contributed by atoms with E-state index in [9.17, 15) is 4.79 Å². The van der Waals surface area contributed by atoms with Gasteiger partial charge in [-0.05, 0) is 37.4 Å². The number of hydrogen-bond donors (Lipinski definition) is 0. The summed E-state index contributed by atoms with van der Waals surface area (Å²) in [5, 5.41) is 3.96. The predicted octanol–water partition coefficient (Wildman–Crippen LogP) is 1.32. The van der Waals surface area contributed by atoms with E-state index in [0.717, 1.165) is 26.2 Å². The summed E-state index contributed by atoms with van der Waals surface area (Å²) < 4.78 is 1.35. The molecule has 1 aromatic heterocycles. The van der Waals surface area contributed by atoms with Crippen molar-refractivity contribution in [3.8, 4) is 0 Å². The third-order valence-corrected chi connectivity index (χ3v) is 3.70. The van der Waals surface area contributed by atoms with Gasteiger partial charge in [-0.1, -0.05) is 0 Å². The number of rotatable bonds is 2. The number of piperazine rings is 1. The van der Waals surface area contributed by atoms with Crippen LogP contribution in [-0.4, -0.2) is 53.8 Å². The van der Waals surface area contributed by atoms with Gasteiger partial charge in [-0.2, -0.15) is 5.10 Å². The van der Waals surface area contributed by atoms with Crippen LogP contribution in [0.1, 0.15) is 10.4 Å². The van der Waals surface area contributed by atoms with E-state index in [1.54, 1.807) is 18.5 Å². The van der Waals surface area contributed by atoms with Crippen LogP contribution in [-0.2, 0) is 0 Å². The van der Waals surface area contributed by atoms with Crippen molar-refractivity contribution >= 4 is 11.6 Å². The largest absolute Gasteiger partial charge is 0.369 e. The number of hydrogen-bond acceptors (Lipinski definition) is 4. The molecule has 2 aromatic rings. The highest BCUT2D eigenvalue weighted by Gasteiger charge is 2.15. The zero-order chi connectivity index (χ0) is 13.9. The third-order valence-electron chi connectivity index (χ3n) is 3.70. The van der Waals surface area contributed by atoms with Gasteiger partial charge in [0.05, 0.1) is 0 Å². The summed E-state index contributed by atoms with van der Waals surface area (Å²) in [6.07, 6.45) is 3.27.